The largest absolute Gasteiger partial charge is 0.345 e. The summed E-state index contributed by atoms with van der Waals surface area (Å²) in [6.07, 6.45) is 3.87. The van der Waals surface area contributed by atoms with Gasteiger partial charge in [0.05, 0.1) is 5.39 Å². The molecule has 88 valence electrons. The fourth-order valence-electron chi connectivity index (χ4n) is 1.83. The van der Waals surface area contributed by atoms with Crippen molar-refractivity contribution in [1.29, 1.82) is 0 Å². The molecule has 2 heterocycles. The number of para-hydroxylation sites is 1. The van der Waals surface area contributed by atoms with Crippen LogP contribution in [0.25, 0.3) is 11.0 Å². The molecule has 5 nitrogen and oxygen atoms in total. The van der Waals surface area contributed by atoms with E-state index in [4.69, 9.17) is 0 Å². The van der Waals surface area contributed by atoms with Gasteiger partial charge in [-0.3, -0.25) is 4.79 Å². The molecule has 0 bridgehead atoms. The van der Waals surface area contributed by atoms with Crippen LogP contribution in [0.15, 0.2) is 42.9 Å². The third-order valence-electron chi connectivity index (χ3n) is 2.66. The Labute approximate surface area is 103 Å². The van der Waals surface area contributed by atoms with Crippen molar-refractivity contribution in [3.05, 3.63) is 48.4 Å². The fraction of sp³-hybridized carbons (Fsp3) is 0. The molecule has 0 amide bonds. The highest BCUT2D eigenvalue weighted by molar-refractivity contribution is 6.02. The second-order valence-electron chi connectivity index (χ2n) is 3.80. The van der Waals surface area contributed by atoms with Crippen LogP contribution < -0.4 is 5.32 Å². The number of aromatic nitrogens is 3. The van der Waals surface area contributed by atoms with E-state index in [0.717, 1.165) is 12.0 Å². The summed E-state index contributed by atoms with van der Waals surface area (Å²) in [5, 5.41) is 3.88. The molecule has 0 saturated heterocycles. The summed E-state index contributed by atoms with van der Waals surface area (Å²) in [5.74, 6) is 0.620. The van der Waals surface area contributed by atoms with Gasteiger partial charge >= 0.3 is 0 Å². The minimum atomic E-state index is 0.545. The van der Waals surface area contributed by atoms with Crippen molar-refractivity contribution in [2.75, 3.05) is 5.32 Å². The van der Waals surface area contributed by atoms with Gasteiger partial charge in [0.15, 0.2) is 6.29 Å². The zero-order valence-corrected chi connectivity index (χ0v) is 9.42. The highest BCUT2D eigenvalue weighted by Crippen LogP contribution is 2.24. The predicted molar refractivity (Wildman–Crippen MR) is 69.0 cm³/mol. The molecule has 5 heteroatoms. The lowest BCUT2D eigenvalue weighted by atomic mass is 10.2. The van der Waals surface area contributed by atoms with Crippen molar-refractivity contribution in [1.82, 2.24) is 15.0 Å². The number of nitrogens with zero attached hydrogens (tertiary/aromatic N) is 2. The molecule has 0 unspecified atom stereocenters. The molecular weight excluding hydrogens is 228 g/mol. The number of anilines is 2. The lowest BCUT2D eigenvalue weighted by molar-refractivity contribution is 0.112. The van der Waals surface area contributed by atoms with Crippen molar-refractivity contribution in [2.45, 2.75) is 0 Å². The molecular formula is C13H10N4O. The summed E-state index contributed by atoms with van der Waals surface area (Å²) in [5.41, 5.74) is 2.10. The summed E-state index contributed by atoms with van der Waals surface area (Å²) in [6.45, 7) is 0. The van der Waals surface area contributed by atoms with Crippen LogP contribution in [0.2, 0.25) is 0 Å². The van der Waals surface area contributed by atoms with Gasteiger partial charge in [-0.05, 0) is 12.1 Å². The van der Waals surface area contributed by atoms with E-state index in [-0.39, 0.29) is 0 Å². The van der Waals surface area contributed by atoms with E-state index in [1.807, 2.05) is 30.3 Å². The minimum Gasteiger partial charge on any atom is -0.345 e. The normalized spacial score (nSPS) is 10.4. The molecule has 0 saturated carbocycles. The van der Waals surface area contributed by atoms with E-state index in [2.05, 4.69) is 20.3 Å². The number of hydrogen-bond donors (Lipinski definition) is 2. The standard InChI is InChI=1S/C13H10N4O/c18-7-9-6-14-12-11(9)13(16-8-15-12)17-10-4-2-1-3-5-10/h1-8H,(H2,14,15,16,17). The van der Waals surface area contributed by atoms with Crippen molar-refractivity contribution >= 4 is 28.8 Å². The number of benzene rings is 1. The van der Waals surface area contributed by atoms with Crippen LogP contribution in [0.3, 0.4) is 0 Å². The Kier molecular flexibility index (Phi) is 2.49. The summed E-state index contributed by atoms with van der Waals surface area (Å²) >= 11 is 0. The number of aldehydes is 1. The quantitative estimate of drug-likeness (QED) is 0.688. The molecule has 0 fully saturated rings. The fourth-order valence-corrected chi connectivity index (χ4v) is 1.83. The first-order valence-corrected chi connectivity index (χ1v) is 5.48. The Hall–Kier alpha value is -2.69. The average molecular weight is 238 g/mol. The van der Waals surface area contributed by atoms with Gasteiger partial charge in [-0.15, -0.1) is 0 Å². The molecule has 0 atom stereocenters. The molecule has 0 aliphatic carbocycles. The molecule has 0 aliphatic rings. The monoisotopic (exact) mass is 238 g/mol. The third-order valence-corrected chi connectivity index (χ3v) is 2.66. The predicted octanol–water partition coefficient (Wildman–Crippen LogP) is 2.51. The van der Waals surface area contributed by atoms with Crippen LogP contribution in [0, 0.1) is 0 Å². The molecule has 2 aromatic heterocycles. The van der Waals surface area contributed by atoms with Crippen molar-refractivity contribution < 1.29 is 4.79 Å². The van der Waals surface area contributed by atoms with Crippen molar-refractivity contribution in [3.8, 4) is 0 Å². The molecule has 3 rings (SSSR count). The van der Waals surface area contributed by atoms with Gasteiger partial charge in [-0.1, -0.05) is 18.2 Å². The molecule has 3 aromatic rings. The number of rotatable bonds is 3. The van der Waals surface area contributed by atoms with Gasteiger partial charge in [0.2, 0.25) is 0 Å². The zero-order chi connectivity index (χ0) is 12.4. The molecule has 2 N–H and O–H groups in total. The lowest BCUT2D eigenvalue weighted by Crippen LogP contribution is -1.96. The van der Waals surface area contributed by atoms with E-state index >= 15 is 0 Å². The van der Waals surface area contributed by atoms with Crippen LogP contribution in [0.5, 0.6) is 0 Å². The van der Waals surface area contributed by atoms with Gasteiger partial charge < -0.3 is 10.3 Å². The Morgan fingerprint density at radius 1 is 1.17 bits per heavy atom. The topological polar surface area (TPSA) is 70.7 Å². The first-order valence-electron chi connectivity index (χ1n) is 5.48. The summed E-state index contributed by atoms with van der Waals surface area (Å²) in [4.78, 5) is 22.2. The van der Waals surface area contributed by atoms with E-state index < -0.39 is 0 Å². The van der Waals surface area contributed by atoms with E-state index in [1.165, 1.54) is 6.33 Å². The zero-order valence-electron chi connectivity index (χ0n) is 9.42. The van der Waals surface area contributed by atoms with E-state index in [0.29, 0.717) is 22.4 Å². The molecule has 0 radical (unpaired) electrons. The molecule has 1 aromatic carbocycles. The number of nitrogens with one attached hydrogen (secondary N) is 2. The minimum absolute atomic E-state index is 0.545. The van der Waals surface area contributed by atoms with Gasteiger partial charge in [-0.25, -0.2) is 9.97 Å². The summed E-state index contributed by atoms with van der Waals surface area (Å²) in [6, 6.07) is 9.66. The van der Waals surface area contributed by atoms with E-state index in [9.17, 15) is 4.79 Å². The maximum Gasteiger partial charge on any atom is 0.152 e. The number of fused-ring (bicyclic) bond motifs is 1. The Morgan fingerprint density at radius 3 is 2.78 bits per heavy atom. The first kappa shape index (κ1) is 10.5. The van der Waals surface area contributed by atoms with Gasteiger partial charge in [0.1, 0.15) is 17.8 Å². The van der Waals surface area contributed by atoms with E-state index in [1.54, 1.807) is 6.20 Å². The molecule has 0 spiro atoms. The van der Waals surface area contributed by atoms with Gasteiger partial charge in [0, 0.05) is 17.4 Å². The molecule has 0 aliphatic heterocycles. The Balaban J connectivity index is 2.11. The highest BCUT2D eigenvalue weighted by Gasteiger charge is 2.10. The number of H-pyrrole nitrogens is 1. The molecule has 18 heavy (non-hydrogen) atoms. The SMILES string of the molecule is O=Cc1c[nH]c2ncnc(Nc3ccccc3)c12. The average Bonchev–Trinajstić information content (AvgIpc) is 2.84. The van der Waals surface area contributed by atoms with Crippen LogP contribution in [-0.4, -0.2) is 21.2 Å². The Bertz CT molecular complexity index is 691. The second-order valence-corrected chi connectivity index (χ2v) is 3.80. The number of aromatic amines is 1. The van der Waals surface area contributed by atoms with Gasteiger partial charge in [-0.2, -0.15) is 0 Å². The number of carbonyl (C=O) groups is 1. The number of carbonyl (C=O) groups excluding carboxylic acids is 1. The van der Waals surface area contributed by atoms with Crippen LogP contribution in [0.1, 0.15) is 10.4 Å². The maximum atomic E-state index is 11.0. The van der Waals surface area contributed by atoms with Crippen molar-refractivity contribution in [2.24, 2.45) is 0 Å². The van der Waals surface area contributed by atoms with Crippen LogP contribution in [0.4, 0.5) is 11.5 Å². The number of hydrogen-bond acceptors (Lipinski definition) is 4. The highest BCUT2D eigenvalue weighted by atomic mass is 16.1. The van der Waals surface area contributed by atoms with Crippen LogP contribution >= 0.6 is 0 Å². The third kappa shape index (κ3) is 1.71. The lowest BCUT2D eigenvalue weighted by Gasteiger charge is -2.06. The van der Waals surface area contributed by atoms with Gasteiger partial charge in [0.25, 0.3) is 0 Å². The maximum absolute atomic E-state index is 11.0. The second kappa shape index (κ2) is 4.29. The smallest absolute Gasteiger partial charge is 0.152 e. The summed E-state index contributed by atoms with van der Waals surface area (Å²) < 4.78 is 0. The van der Waals surface area contributed by atoms with Crippen LogP contribution in [-0.2, 0) is 0 Å². The Morgan fingerprint density at radius 2 is 2.00 bits per heavy atom. The summed E-state index contributed by atoms with van der Waals surface area (Å²) in [7, 11) is 0. The van der Waals surface area contributed by atoms with Crippen molar-refractivity contribution in [3.63, 3.8) is 0 Å². The first-order chi connectivity index (χ1) is 8.88.